The molecule has 6 heteroatoms. The number of ether oxygens (including phenoxy) is 1. The molecule has 0 unspecified atom stereocenters. The summed E-state index contributed by atoms with van der Waals surface area (Å²) in [5, 5.41) is 11.8. The lowest BCUT2D eigenvalue weighted by atomic mass is 10.2. The maximum Gasteiger partial charge on any atom is 0.147 e. The van der Waals surface area contributed by atoms with Gasteiger partial charge < -0.3 is 15.2 Å². The molecule has 1 rings (SSSR count). The van der Waals surface area contributed by atoms with Gasteiger partial charge in [0.2, 0.25) is 0 Å². The van der Waals surface area contributed by atoms with Crippen molar-refractivity contribution in [2.24, 2.45) is 0 Å². The summed E-state index contributed by atoms with van der Waals surface area (Å²) in [6.45, 7) is 4.07. The Morgan fingerprint density at radius 1 is 1.29 bits per heavy atom. The van der Waals surface area contributed by atoms with E-state index >= 15 is 0 Å². The van der Waals surface area contributed by atoms with E-state index in [1.54, 1.807) is 0 Å². The van der Waals surface area contributed by atoms with E-state index in [9.17, 15) is 0 Å². The van der Waals surface area contributed by atoms with Crippen molar-refractivity contribution in [3.8, 4) is 5.75 Å². The molecule has 0 fully saturated rings. The van der Waals surface area contributed by atoms with Crippen LogP contribution in [0.5, 0.6) is 5.75 Å². The second kappa shape index (κ2) is 9.16. The van der Waals surface area contributed by atoms with Gasteiger partial charge in [0.15, 0.2) is 0 Å². The fourth-order valence-corrected chi connectivity index (χ4v) is 2.82. The number of aliphatic hydroxyl groups is 1. The van der Waals surface area contributed by atoms with Crippen molar-refractivity contribution in [1.82, 2.24) is 5.32 Å². The summed E-state index contributed by atoms with van der Waals surface area (Å²) in [5.74, 6) is 0.827. The summed E-state index contributed by atoms with van der Waals surface area (Å²) in [4.78, 5) is 0. The van der Waals surface area contributed by atoms with Gasteiger partial charge in [-0.25, -0.2) is 0 Å². The number of hydrogen-bond acceptors (Lipinski definition) is 3. The van der Waals surface area contributed by atoms with E-state index in [0.29, 0.717) is 13.2 Å². The first kappa shape index (κ1) is 17.2. The average Bonchev–Trinajstić information content (AvgIpc) is 2.24. The second-order valence-electron chi connectivity index (χ2n) is 3.22. The predicted molar refractivity (Wildman–Crippen MR) is 79.1 cm³/mol. The maximum absolute atomic E-state index is 8.67. The van der Waals surface area contributed by atoms with Gasteiger partial charge in [0, 0.05) is 13.1 Å². The zero-order valence-corrected chi connectivity index (χ0v) is 13.5. The van der Waals surface area contributed by atoms with Gasteiger partial charge in [-0.1, -0.05) is 0 Å². The molecule has 1 aromatic rings. The molecule has 0 heterocycles. The number of aliphatic hydroxyl groups excluding tert-OH is 1. The zero-order chi connectivity index (χ0) is 12.0. The third kappa shape index (κ3) is 5.57. The summed E-state index contributed by atoms with van der Waals surface area (Å²) in [6.07, 6.45) is 0. The Balaban J connectivity index is 0.00000256. The van der Waals surface area contributed by atoms with Crippen LogP contribution in [0.15, 0.2) is 21.1 Å². The van der Waals surface area contributed by atoms with Crippen LogP contribution in [0.2, 0.25) is 0 Å². The number of nitrogens with one attached hydrogen (secondary N) is 1. The van der Waals surface area contributed by atoms with Crippen LogP contribution in [-0.4, -0.2) is 24.9 Å². The molecule has 0 atom stereocenters. The quantitative estimate of drug-likeness (QED) is 0.735. The summed E-state index contributed by atoms with van der Waals surface area (Å²) in [6, 6.07) is 4.03. The summed E-state index contributed by atoms with van der Waals surface area (Å²) >= 11 is 6.95. The molecule has 3 nitrogen and oxygen atoms in total. The molecule has 1 aromatic carbocycles. The smallest absolute Gasteiger partial charge is 0.147 e. The van der Waals surface area contributed by atoms with Crippen molar-refractivity contribution in [2.75, 3.05) is 19.8 Å². The van der Waals surface area contributed by atoms with E-state index in [2.05, 4.69) is 37.2 Å². The van der Waals surface area contributed by atoms with E-state index in [1.165, 1.54) is 0 Å². The van der Waals surface area contributed by atoms with Crippen molar-refractivity contribution in [3.05, 3.63) is 26.6 Å². The van der Waals surface area contributed by atoms with Crippen molar-refractivity contribution >= 4 is 44.3 Å². The summed E-state index contributed by atoms with van der Waals surface area (Å²) in [5.41, 5.74) is 1.13. The van der Waals surface area contributed by atoms with Gasteiger partial charge in [0.25, 0.3) is 0 Å². The monoisotopic (exact) mass is 387 g/mol. The van der Waals surface area contributed by atoms with Crippen LogP contribution in [0, 0.1) is 0 Å². The average molecular weight is 390 g/mol. The Labute approximate surface area is 125 Å². The highest BCUT2D eigenvalue weighted by molar-refractivity contribution is 9.11. The molecule has 98 valence electrons. The molecule has 0 amide bonds. The Hall–Kier alpha value is 0.190. The van der Waals surface area contributed by atoms with Crippen LogP contribution in [0.1, 0.15) is 12.5 Å². The number of rotatable bonds is 6. The van der Waals surface area contributed by atoms with Crippen LogP contribution in [0.3, 0.4) is 0 Å². The molecule has 0 aromatic heterocycles. The Morgan fingerprint density at radius 2 is 1.88 bits per heavy atom. The molecule has 17 heavy (non-hydrogen) atoms. The number of benzene rings is 1. The fraction of sp³-hybridized carbons (Fsp3) is 0.455. The highest BCUT2D eigenvalue weighted by Gasteiger charge is 2.08. The Kier molecular flexibility index (Phi) is 9.27. The van der Waals surface area contributed by atoms with Crippen molar-refractivity contribution in [2.45, 2.75) is 13.5 Å². The third-order valence-electron chi connectivity index (χ3n) is 1.96. The lowest BCUT2D eigenvalue weighted by Gasteiger charge is -2.11. The lowest BCUT2D eigenvalue weighted by molar-refractivity contribution is 0.292. The van der Waals surface area contributed by atoms with E-state index in [4.69, 9.17) is 9.84 Å². The van der Waals surface area contributed by atoms with E-state index < -0.39 is 0 Å². The van der Waals surface area contributed by atoms with Crippen LogP contribution in [0.25, 0.3) is 0 Å². The van der Waals surface area contributed by atoms with Gasteiger partial charge in [-0.05, 0) is 56.5 Å². The van der Waals surface area contributed by atoms with Gasteiger partial charge >= 0.3 is 0 Å². The third-order valence-corrected chi connectivity index (χ3v) is 3.14. The zero-order valence-electron chi connectivity index (χ0n) is 9.50. The molecule has 0 aliphatic heterocycles. The lowest BCUT2D eigenvalue weighted by Crippen LogP contribution is -2.17. The van der Waals surface area contributed by atoms with E-state index in [0.717, 1.165) is 26.8 Å². The standard InChI is InChI=1S/C11H15Br2NO2.ClH/c1-2-16-11-9(12)5-8(6-10(11)13)7-14-3-4-15;/h5-6,14-15H,2-4,7H2,1H3;1H. The van der Waals surface area contributed by atoms with Crippen LogP contribution in [-0.2, 0) is 6.54 Å². The molecular formula is C11H16Br2ClNO2. The SMILES string of the molecule is CCOc1c(Br)cc(CNCCO)cc1Br.Cl. The summed E-state index contributed by atoms with van der Waals surface area (Å²) < 4.78 is 7.36. The number of hydrogen-bond donors (Lipinski definition) is 2. The predicted octanol–water partition coefficient (Wildman–Crippen LogP) is 3.11. The van der Waals surface area contributed by atoms with Crippen molar-refractivity contribution in [1.29, 1.82) is 0 Å². The molecule has 0 radical (unpaired) electrons. The topological polar surface area (TPSA) is 41.5 Å². The van der Waals surface area contributed by atoms with Crippen LogP contribution < -0.4 is 10.1 Å². The second-order valence-corrected chi connectivity index (χ2v) is 4.93. The van der Waals surface area contributed by atoms with Crippen molar-refractivity contribution < 1.29 is 9.84 Å². The van der Waals surface area contributed by atoms with Gasteiger partial charge in [0.1, 0.15) is 5.75 Å². The molecule has 0 saturated carbocycles. The molecule has 0 aliphatic carbocycles. The molecule has 2 N–H and O–H groups in total. The van der Waals surface area contributed by atoms with Gasteiger partial charge in [-0.3, -0.25) is 0 Å². The number of halogens is 3. The minimum absolute atomic E-state index is 0. The normalized spacial score (nSPS) is 9.88. The first-order chi connectivity index (χ1) is 7.69. The largest absolute Gasteiger partial charge is 0.492 e. The minimum atomic E-state index is 0. The van der Waals surface area contributed by atoms with Crippen molar-refractivity contribution in [3.63, 3.8) is 0 Å². The van der Waals surface area contributed by atoms with E-state index in [-0.39, 0.29) is 19.0 Å². The van der Waals surface area contributed by atoms with E-state index in [1.807, 2.05) is 19.1 Å². The molecule has 0 saturated heterocycles. The fourth-order valence-electron chi connectivity index (χ4n) is 1.31. The molecule has 0 bridgehead atoms. The van der Waals surface area contributed by atoms with Gasteiger partial charge in [-0.2, -0.15) is 0 Å². The Morgan fingerprint density at radius 3 is 2.35 bits per heavy atom. The minimum Gasteiger partial charge on any atom is -0.492 e. The maximum atomic E-state index is 8.67. The highest BCUT2D eigenvalue weighted by Crippen LogP contribution is 2.34. The van der Waals surface area contributed by atoms with Gasteiger partial charge in [-0.15, -0.1) is 12.4 Å². The molecule has 0 spiro atoms. The highest BCUT2D eigenvalue weighted by atomic mass is 79.9. The molecule has 0 aliphatic rings. The first-order valence-electron chi connectivity index (χ1n) is 5.11. The summed E-state index contributed by atoms with van der Waals surface area (Å²) in [7, 11) is 0. The molecular weight excluding hydrogens is 373 g/mol. The Bertz CT molecular complexity index is 327. The van der Waals surface area contributed by atoms with Gasteiger partial charge in [0.05, 0.1) is 22.2 Å². The van der Waals surface area contributed by atoms with Crippen LogP contribution in [0.4, 0.5) is 0 Å². The first-order valence-corrected chi connectivity index (χ1v) is 6.70. The van der Waals surface area contributed by atoms with Crippen LogP contribution >= 0.6 is 44.3 Å².